The molecule has 1 fully saturated rings. The minimum absolute atomic E-state index is 0.136. The summed E-state index contributed by atoms with van der Waals surface area (Å²) < 4.78 is 1.26. The van der Waals surface area contributed by atoms with Gasteiger partial charge in [-0.25, -0.2) is 9.67 Å². The number of aromatic nitrogens is 3. The molecular weight excluding hydrogens is 420 g/mol. The number of carbonyl (C=O) groups is 2. The number of piperidine rings is 1. The third-order valence-corrected chi connectivity index (χ3v) is 6.81. The Balaban J connectivity index is 1.36. The maximum atomic E-state index is 13.3. The highest BCUT2D eigenvalue weighted by molar-refractivity contribution is 6.01. The van der Waals surface area contributed by atoms with Gasteiger partial charge in [0, 0.05) is 44.1 Å². The Morgan fingerprint density at radius 3 is 2.67 bits per heavy atom. The molecule has 5 rings (SSSR count). The lowest BCUT2D eigenvalue weighted by molar-refractivity contribution is -0.136. The van der Waals surface area contributed by atoms with Gasteiger partial charge in [0.05, 0.1) is 17.1 Å². The Bertz CT molecular complexity index is 1290. The topological polar surface area (TPSA) is 100 Å². The smallest absolute Gasteiger partial charge is 0.275 e. The van der Waals surface area contributed by atoms with Gasteiger partial charge >= 0.3 is 0 Å². The molecule has 1 aromatic carbocycles. The minimum Gasteiger partial charge on any atom is -0.341 e. The molecule has 33 heavy (non-hydrogen) atoms. The number of nitrogens with zero attached hydrogens (tertiary/aromatic N) is 5. The molecule has 4 heterocycles. The molecule has 2 aliphatic heterocycles. The molecule has 0 bridgehead atoms. The van der Waals surface area contributed by atoms with Gasteiger partial charge in [-0.2, -0.15) is 5.10 Å². The summed E-state index contributed by atoms with van der Waals surface area (Å²) in [5.41, 5.74) is -0.286. The predicted octanol–water partition coefficient (Wildman–Crippen LogP) is 1.94. The Morgan fingerprint density at radius 2 is 1.91 bits per heavy atom. The Labute approximate surface area is 191 Å². The normalized spacial score (nSPS) is 18.2. The van der Waals surface area contributed by atoms with E-state index in [0.717, 1.165) is 5.39 Å². The van der Waals surface area contributed by atoms with Crippen LogP contribution in [0, 0.1) is 0 Å². The van der Waals surface area contributed by atoms with Crippen molar-refractivity contribution in [2.45, 2.75) is 38.4 Å². The zero-order valence-electron chi connectivity index (χ0n) is 18.7. The van der Waals surface area contributed by atoms with Gasteiger partial charge in [0.2, 0.25) is 5.91 Å². The Kier molecular flexibility index (Phi) is 5.11. The van der Waals surface area contributed by atoms with Gasteiger partial charge in [0.25, 0.3) is 11.5 Å². The van der Waals surface area contributed by atoms with E-state index >= 15 is 0 Å². The SMILES string of the molecule is CCN1c2ncccc2C(=O)NC12CCN(C(=O)C(C)n1ncc3ccccc3c1=O)CC2. The molecule has 170 valence electrons. The van der Waals surface area contributed by atoms with Gasteiger partial charge in [-0.3, -0.25) is 14.4 Å². The molecule has 1 spiro atoms. The molecule has 1 atom stereocenters. The van der Waals surface area contributed by atoms with Crippen LogP contribution in [-0.2, 0) is 4.79 Å². The van der Waals surface area contributed by atoms with E-state index < -0.39 is 11.7 Å². The monoisotopic (exact) mass is 446 g/mol. The van der Waals surface area contributed by atoms with Crippen molar-refractivity contribution >= 4 is 28.4 Å². The fraction of sp³-hybridized carbons (Fsp3) is 0.375. The number of hydrogen-bond acceptors (Lipinski definition) is 6. The molecule has 1 unspecified atom stereocenters. The summed E-state index contributed by atoms with van der Waals surface area (Å²) in [6.45, 7) is 5.35. The van der Waals surface area contributed by atoms with Crippen LogP contribution in [0.25, 0.3) is 10.8 Å². The summed E-state index contributed by atoms with van der Waals surface area (Å²) in [5.74, 6) is 0.394. The van der Waals surface area contributed by atoms with Crippen molar-refractivity contribution in [2.24, 2.45) is 0 Å². The van der Waals surface area contributed by atoms with E-state index in [1.807, 2.05) is 19.1 Å². The molecule has 2 aliphatic rings. The zero-order valence-corrected chi connectivity index (χ0v) is 18.7. The first-order valence-electron chi connectivity index (χ1n) is 11.3. The number of likely N-dealkylation sites (tertiary alicyclic amines) is 1. The van der Waals surface area contributed by atoms with E-state index in [4.69, 9.17) is 0 Å². The highest BCUT2D eigenvalue weighted by Crippen LogP contribution is 2.36. The van der Waals surface area contributed by atoms with E-state index in [2.05, 4.69) is 20.3 Å². The number of benzene rings is 1. The average Bonchev–Trinajstić information content (AvgIpc) is 2.84. The summed E-state index contributed by atoms with van der Waals surface area (Å²) in [4.78, 5) is 47.3. The molecule has 2 aromatic heterocycles. The van der Waals surface area contributed by atoms with Crippen molar-refractivity contribution in [3.8, 4) is 0 Å². The molecule has 9 nitrogen and oxygen atoms in total. The van der Waals surface area contributed by atoms with E-state index in [0.29, 0.717) is 49.2 Å². The molecule has 1 saturated heterocycles. The standard InChI is InChI=1S/C24H26N6O3/c1-3-29-20-19(9-6-12-25-20)21(31)27-24(29)10-13-28(14-11-24)22(32)16(2)30-23(33)18-8-5-4-7-17(18)15-26-30/h4-9,12,15-16H,3,10-11,13-14H2,1-2H3,(H,27,31). The lowest BCUT2D eigenvalue weighted by Gasteiger charge is -2.52. The Hall–Kier alpha value is -3.75. The van der Waals surface area contributed by atoms with Gasteiger partial charge in [0.15, 0.2) is 0 Å². The summed E-state index contributed by atoms with van der Waals surface area (Å²) in [6.07, 6.45) is 4.46. The van der Waals surface area contributed by atoms with Crippen LogP contribution in [0.5, 0.6) is 0 Å². The number of amides is 2. The number of rotatable bonds is 3. The van der Waals surface area contributed by atoms with Crippen LogP contribution < -0.4 is 15.8 Å². The summed E-state index contributed by atoms with van der Waals surface area (Å²) in [6, 6.07) is 10.0. The molecule has 1 N–H and O–H groups in total. The second-order valence-electron chi connectivity index (χ2n) is 8.59. The molecule has 0 saturated carbocycles. The van der Waals surface area contributed by atoms with Crippen molar-refractivity contribution in [3.05, 3.63) is 64.7 Å². The number of fused-ring (bicyclic) bond motifs is 2. The Morgan fingerprint density at radius 1 is 1.15 bits per heavy atom. The van der Waals surface area contributed by atoms with Crippen molar-refractivity contribution in [1.29, 1.82) is 0 Å². The van der Waals surface area contributed by atoms with Crippen LogP contribution in [0.15, 0.2) is 53.6 Å². The summed E-state index contributed by atoms with van der Waals surface area (Å²) >= 11 is 0. The highest BCUT2D eigenvalue weighted by Gasteiger charge is 2.46. The van der Waals surface area contributed by atoms with Crippen LogP contribution in [0.4, 0.5) is 5.82 Å². The van der Waals surface area contributed by atoms with Crippen molar-refractivity contribution in [2.75, 3.05) is 24.5 Å². The van der Waals surface area contributed by atoms with Crippen molar-refractivity contribution < 1.29 is 9.59 Å². The molecule has 9 heteroatoms. The largest absolute Gasteiger partial charge is 0.341 e. The van der Waals surface area contributed by atoms with Crippen molar-refractivity contribution in [1.82, 2.24) is 25.0 Å². The number of anilines is 1. The van der Waals surface area contributed by atoms with Crippen LogP contribution in [0.2, 0.25) is 0 Å². The quantitative estimate of drug-likeness (QED) is 0.660. The number of pyridine rings is 1. The fourth-order valence-corrected chi connectivity index (χ4v) is 5.03. The van der Waals surface area contributed by atoms with Gasteiger partial charge in [-0.1, -0.05) is 18.2 Å². The number of nitrogens with one attached hydrogen (secondary N) is 1. The van der Waals surface area contributed by atoms with Gasteiger partial charge in [-0.15, -0.1) is 0 Å². The number of hydrogen-bond donors (Lipinski definition) is 1. The maximum Gasteiger partial charge on any atom is 0.275 e. The molecule has 2 amide bonds. The van der Waals surface area contributed by atoms with Gasteiger partial charge in [-0.05, 0) is 32.0 Å². The van der Waals surface area contributed by atoms with Crippen molar-refractivity contribution in [3.63, 3.8) is 0 Å². The number of carbonyl (C=O) groups excluding carboxylic acids is 2. The lowest BCUT2D eigenvalue weighted by atomic mass is 9.91. The van der Waals surface area contributed by atoms with Gasteiger partial charge < -0.3 is 15.1 Å². The van der Waals surface area contributed by atoms with E-state index in [9.17, 15) is 14.4 Å². The van der Waals surface area contributed by atoms with E-state index in [1.54, 1.807) is 48.5 Å². The van der Waals surface area contributed by atoms with Crippen LogP contribution in [0.3, 0.4) is 0 Å². The predicted molar refractivity (Wildman–Crippen MR) is 124 cm³/mol. The third kappa shape index (κ3) is 3.35. The van der Waals surface area contributed by atoms with Crippen LogP contribution in [-0.4, -0.2) is 56.8 Å². The summed E-state index contributed by atoms with van der Waals surface area (Å²) in [7, 11) is 0. The fourth-order valence-electron chi connectivity index (χ4n) is 5.03. The second kappa shape index (κ2) is 7.99. The first-order valence-corrected chi connectivity index (χ1v) is 11.3. The first-order chi connectivity index (χ1) is 15.9. The molecule has 0 aliphatic carbocycles. The maximum absolute atomic E-state index is 13.3. The minimum atomic E-state index is -0.721. The summed E-state index contributed by atoms with van der Waals surface area (Å²) in [5, 5.41) is 8.72. The molecular formula is C24H26N6O3. The molecule has 0 radical (unpaired) electrons. The zero-order chi connectivity index (χ0) is 23.2. The highest BCUT2D eigenvalue weighted by atomic mass is 16.2. The molecule has 3 aromatic rings. The first kappa shape index (κ1) is 21.1. The second-order valence-corrected chi connectivity index (χ2v) is 8.59. The third-order valence-electron chi connectivity index (χ3n) is 6.81. The van der Waals surface area contributed by atoms with Crippen LogP contribution in [0.1, 0.15) is 43.1 Å². The lowest BCUT2D eigenvalue weighted by Crippen LogP contribution is -2.68. The average molecular weight is 447 g/mol. The van der Waals surface area contributed by atoms with Gasteiger partial charge in [0.1, 0.15) is 17.5 Å². The van der Waals surface area contributed by atoms with Crippen LogP contribution >= 0.6 is 0 Å². The van der Waals surface area contributed by atoms with E-state index in [-0.39, 0.29) is 17.4 Å². The van der Waals surface area contributed by atoms with E-state index in [1.165, 1.54) is 4.68 Å².